The first-order valence-corrected chi connectivity index (χ1v) is 9.35. The summed E-state index contributed by atoms with van der Waals surface area (Å²) in [5.74, 6) is 0.704. The molecule has 7 heteroatoms. The Kier molecular flexibility index (Phi) is 6.86. The van der Waals surface area contributed by atoms with Crippen molar-refractivity contribution in [3.05, 3.63) is 83.1 Å². The standard InChI is InChI=1S/C24H20N2O5/c1-29-20-9-3-16(4-10-20)15-26-23(27)19(14-25)13-21-11-12-22(31-21)17-5-7-18(8-6-17)24(28)30-2/h3-13H,15H2,1-2H3,(H,26,27)/b19-13-. The molecule has 0 saturated heterocycles. The number of benzene rings is 2. The first-order valence-electron chi connectivity index (χ1n) is 9.35. The summed E-state index contributed by atoms with van der Waals surface area (Å²) in [6.45, 7) is 0.276. The Labute approximate surface area is 179 Å². The maximum absolute atomic E-state index is 12.4. The number of methoxy groups -OCH3 is 2. The van der Waals surface area contributed by atoms with Gasteiger partial charge in [-0.05, 0) is 42.0 Å². The van der Waals surface area contributed by atoms with Crippen LogP contribution in [-0.4, -0.2) is 26.1 Å². The third-order valence-corrected chi connectivity index (χ3v) is 4.48. The van der Waals surface area contributed by atoms with Crippen LogP contribution in [0.1, 0.15) is 21.7 Å². The summed E-state index contributed by atoms with van der Waals surface area (Å²) in [4.78, 5) is 23.9. The number of carbonyl (C=O) groups excluding carboxylic acids is 2. The summed E-state index contributed by atoms with van der Waals surface area (Å²) < 4.78 is 15.5. The molecule has 0 radical (unpaired) electrons. The third kappa shape index (κ3) is 5.40. The Morgan fingerprint density at radius 1 is 1.03 bits per heavy atom. The van der Waals surface area contributed by atoms with Gasteiger partial charge in [-0.25, -0.2) is 4.79 Å². The first kappa shape index (κ1) is 21.4. The molecule has 1 heterocycles. The highest BCUT2D eigenvalue weighted by molar-refractivity contribution is 6.01. The summed E-state index contributed by atoms with van der Waals surface area (Å²) in [6.07, 6.45) is 1.38. The van der Waals surface area contributed by atoms with Crippen molar-refractivity contribution in [1.29, 1.82) is 5.26 Å². The highest BCUT2D eigenvalue weighted by Gasteiger charge is 2.12. The minimum absolute atomic E-state index is 0.0737. The molecule has 2 aromatic carbocycles. The van der Waals surface area contributed by atoms with E-state index in [0.717, 1.165) is 16.9 Å². The van der Waals surface area contributed by atoms with Gasteiger partial charge in [0.1, 0.15) is 28.9 Å². The van der Waals surface area contributed by atoms with Crippen LogP contribution in [0.2, 0.25) is 0 Å². The van der Waals surface area contributed by atoms with E-state index in [0.29, 0.717) is 17.1 Å². The molecule has 0 aliphatic heterocycles. The number of furan rings is 1. The summed E-state index contributed by atoms with van der Waals surface area (Å²) in [6, 6.07) is 19.3. The Bertz CT molecular complexity index is 1140. The molecule has 0 saturated carbocycles. The molecule has 1 amide bonds. The van der Waals surface area contributed by atoms with Crippen LogP contribution in [-0.2, 0) is 16.1 Å². The molecule has 0 spiro atoms. The van der Waals surface area contributed by atoms with Gasteiger partial charge in [0.25, 0.3) is 5.91 Å². The fraction of sp³-hybridized carbons (Fsp3) is 0.125. The number of amides is 1. The van der Waals surface area contributed by atoms with Crippen LogP contribution >= 0.6 is 0 Å². The van der Waals surface area contributed by atoms with Crippen LogP contribution in [0.25, 0.3) is 17.4 Å². The lowest BCUT2D eigenvalue weighted by atomic mass is 10.1. The molecule has 7 nitrogen and oxygen atoms in total. The first-order chi connectivity index (χ1) is 15.0. The summed E-state index contributed by atoms with van der Waals surface area (Å²) in [5.41, 5.74) is 1.98. The number of carbonyl (C=O) groups is 2. The summed E-state index contributed by atoms with van der Waals surface area (Å²) in [7, 11) is 2.90. The van der Waals surface area contributed by atoms with Crippen LogP contribution in [0, 0.1) is 11.3 Å². The summed E-state index contributed by atoms with van der Waals surface area (Å²) >= 11 is 0. The monoisotopic (exact) mass is 416 g/mol. The maximum atomic E-state index is 12.4. The Hall–Kier alpha value is -4.31. The van der Waals surface area contributed by atoms with Gasteiger partial charge in [-0.2, -0.15) is 5.26 Å². The maximum Gasteiger partial charge on any atom is 0.337 e. The predicted molar refractivity (Wildman–Crippen MR) is 114 cm³/mol. The van der Waals surface area contributed by atoms with Crippen LogP contribution < -0.4 is 10.1 Å². The van der Waals surface area contributed by atoms with E-state index in [-0.39, 0.29) is 12.1 Å². The van der Waals surface area contributed by atoms with Crippen molar-refractivity contribution in [1.82, 2.24) is 5.32 Å². The predicted octanol–water partition coefficient (Wildman–Crippen LogP) is 3.97. The van der Waals surface area contributed by atoms with Gasteiger partial charge in [-0.15, -0.1) is 0 Å². The quantitative estimate of drug-likeness (QED) is 0.355. The molecule has 31 heavy (non-hydrogen) atoms. The lowest BCUT2D eigenvalue weighted by Crippen LogP contribution is -2.23. The van der Waals surface area contributed by atoms with E-state index in [1.54, 1.807) is 55.6 Å². The van der Waals surface area contributed by atoms with E-state index in [1.807, 2.05) is 18.2 Å². The van der Waals surface area contributed by atoms with Gasteiger partial charge in [0, 0.05) is 18.2 Å². The molecular weight excluding hydrogens is 396 g/mol. The second-order valence-electron chi connectivity index (χ2n) is 6.47. The van der Waals surface area contributed by atoms with Crippen LogP contribution in [0.5, 0.6) is 5.75 Å². The van der Waals surface area contributed by atoms with Gasteiger partial charge in [0.15, 0.2) is 0 Å². The zero-order valence-corrected chi connectivity index (χ0v) is 17.0. The molecular formula is C24H20N2O5. The number of hydrogen-bond acceptors (Lipinski definition) is 6. The molecule has 1 aromatic heterocycles. The number of nitrogens with zero attached hydrogens (tertiary/aromatic N) is 1. The summed E-state index contributed by atoms with van der Waals surface area (Å²) in [5, 5.41) is 12.1. The molecule has 0 unspecified atom stereocenters. The molecule has 0 atom stereocenters. The number of hydrogen-bond donors (Lipinski definition) is 1. The van der Waals surface area contributed by atoms with Crippen molar-refractivity contribution in [3.8, 4) is 23.1 Å². The van der Waals surface area contributed by atoms with Crippen LogP contribution in [0.3, 0.4) is 0 Å². The molecule has 0 aliphatic carbocycles. The Balaban J connectivity index is 1.68. The van der Waals surface area contributed by atoms with Crippen molar-refractivity contribution in [2.45, 2.75) is 6.54 Å². The van der Waals surface area contributed by atoms with E-state index in [4.69, 9.17) is 9.15 Å². The zero-order chi connectivity index (χ0) is 22.2. The SMILES string of the molecule is COC(=O)c1ccc(-c2ccc(/C=C(/C#N)C(=O)NCc3ccc(OC)cc3)o2)cc1. The lowest BCUT2D eigenvalue weighted by molar-refractivity contribution is -0.117. The van der Waals surface area contributed by atoms with Gasteiger partial charge in [0.05, 0.1) is 19.8 Å². The van der Waals surface area contributed by atoms with E-state index in [2.05, 4.69) is 10.1 Å². The van der Waals surface area contributed by atoms with E-state index in [1.165, 1.54) is 13.2 Å². The fourth-order valence-corrected chi connectivity index (χ4v) is 2.79. The van der Waals surface area contributed by atoms with Crippen LogP contribution in [0.15, 0.2) is 70.7 Å². The molecule has 1 N–H and O–H groups in total. The van der Waals surface area contributed by atoms with Crippen molar-refractivity contribution < 1.29 is 23.5 Å². The fourth-order valence-electron chi connectivity index (χ4n) is 2.79. The zero-order valence-electron chi connectivity index (χ0n) is 17.0. The molecule has 3 rings (SSSR count). The van der Waals surface area contributed by atoms with Gasteiger partial charge in [-0.1, -0.05) is 24.3 Å². The average Bonchev–Trinajstić information content (AvgIpc) is 3.29. The van der Waals surface area contributed by atoms with Crippen LogP contribution in [0.4, 0.5) is 0 Å². The largest absolute Gasteiger partial charge is 0.497 e. The van der Waals surface area contributed by atoms with E-state index >= 15 is 0 Å². The Morgan fingerprint density at radius 3 is 2.35 bits per heavy atom. The highest BCUT2D eigenvalue weighted by atomic mass is 16.5. The van der Waals surface area contributed by atoms with Crippen molar-refractivity contribution in [2.75, 3.05) is 14.2 Å². The number of nitrogens with one attached hydrogen (secondary N) is 1. The molecule has 0 aliphatic rings. The topological polar surface area (TPSA) is 102 Å². The molecule has 3 aromatic rings. The third-order valence-electron chi connectivity index (χ3n) is 4.48. The minimum Gasteiger partial charge on any atom is -0.497 e. The second-order valence-corrected chi connectivity index (χ2v) is 6.47. The molecule has 156 valence electrons. The number of esters is 1. The van der Waals surface area contributed by atoms with Gasteiger partial charge >= 0.3 is 5.97 Å². The minimum atomic E-state index is -0.501. The van der Waals surface area contributed by atoms with Gasteiger partial charge < -0.3 is 19.2 Å². The van der Waals surface area contributed by atoms with Crippen molar-refractivity contribution in [2.24, 2.45) is 0 Å². The second kappa shape index (κ2) is 9.94. The van der Waals surface area contributed by atoms with E-state index < -0.39 is 11.9 Å². The lowest BCUT2D eigenvalue weighted by Gasteiger charge is -2.05. The molecule has 0 fully saturated rings. The van der Waals surface area contributed by atoms with E-state index in [9.17, 15) is 14.9 Å². The number of ether oxygens (including phenoxy) is 2. The Morgan fingerprint density at radius 2 is 1.74 bits per heavy atom. The number of nitriles is 1. The molecule has 0 bridgehead atoms. The number of rotatable bonds is 7. The van der Waals surface area contributed by atoms with Gasteiger partial charge in [0.2, 0.25) is 0 Å². The van der Waals surface area contributed by atoms with Crippen molar-refractivity contribution >= 4 is 18.0 Å². The highest BCUT2D eigenvalue weighted by Crippen LogP contribution is 2.24. The normalized spacial score (nSPS) is 10.8. The average molecular weight is 416 g/mol. The van der Waals surface area contributed by atoms with Gasteiger partial charge in [-0.3, -0.25) is 4.79 Å². The smallest absolute Gasteiger partial charge is 0.337 e. The van der Waals surface area contributed by atoms with Crippen molar-refractivity contribution in [3.63, 3.8) is 0 Å².